The summed E-state index contributed by atoms with van der Waals surface area (Å²) in [5.41, 5.74) is 0.427. The number of rotatable bonds is 10. The third-order valence-electron chi connectivity index (χ3n) is 3.04. The summed E-state index contributed by atoms with van der Waals surface area (Å²) in [5, 5.41) is 8.98. The van der Waals surface area contributed by atoms with Crippen LogP contribution < -0.4 is 4.74 Å². The fourth-order valence-corrected chi connectivity index (χ4v) is 2.12. The maximum atomic E-state index is 12.5. The molecule has 0 saturated carbocycles. The quantitative estimate of drug-likeness (QED) is 0.669. The lowest BCUT2D eigenvalue weighted by atomic mass is 10.1. The van der Waals surface area contributed by atoms with Gasteiger partial charge < -0.3 is 19.5 Å². The van der Waals surface area contributed by atoms with E-state index in [0.717, 1.165) is 6.42 Å². The monoisotopic (exact) mass is 323 g/mol. The van der Waals surface area contributed by atoms with Crippen molar-refractivity contribution in [2.24, 2.45) is 5.92 Å². The number of nitrogens with zero attached hydrogens (tertiary/aromatic N) is 1. The molecule has 1 aromatic rings. The molecule has 0 aliphatic rings. The van der Waals surface area contributed by atoms with Crippen LogP contribution in [-0.4, -0.2) is 55.3 Å². The van der Waals surface area contributed by atoms with E-state index in [1.165, 1.54) is 4.90 Å². The fraction of sp³-hybridized carbons (Fsp3) is 0.529. The molecule has 0 spiro atoms. The van der Waals surface area contributed by atoms with Crippen LogP contribution in [0.3, 0.4) is 0 Å². The number of benzene rings is 1. The molecular formula is C17H25NO5. The Morgan fingerprint density at radius 2 is 2.00 bits per heavy atom. The zero-order valence-electron chi connectivity index (χ0n) is 13.9. The van der Waals surface area contributed by atoms with Crippen molar-refractivity contribution in [1.82, 2.24) is 4.90 Å². The topological polar surface area (TPSA) is 76.1 Å². The molecule has 0 aromatic heterocycles. The van der Waals surface area contributed by atoms with E-state index < -0.39 is 5.97 Å². The van der Waals surface area contributed by atoms with Gasteiger partial charge in [0.1, 0.15) is 12.3 Å². The van der Waals surface area contributed by atoms with E-state index >= 15 is 0 Å². The number of aliphatic carboxylic acids is 1. The van der Waals surface area contributed by atoms with Gasteiger partial charge in [-0.2, -0.15) is 0 Å². The van der Waals surface area contributed by atoms with Crippen LogP contribution in [0.4, 0.5) is 0 Å². The van der Waals surface area contributed by atoms with Crippen LogP contribution >= 0.6 is 0 Å². The molecule has 0 saturated heterocycles. The third kappa shape index (κ3) is 7.15. The van der Waals surface area contributed by atoms with Crippen LogP contribution in [0.2, 0.25) is 0 Å². The minimum Gasteiger partial charge on any atom is -0.493 e. The van der Waals surface area contributed by atoms with E-state index in [0.29, 0.717) is 31.1 Å². The van der Waals surface area contributed by atoms with Crippen LogP contribution in [-0.2, 0) is 9.53 Å². The second-order valence-electron chi connectivity index (χ2n) is 5.70. The first-order valence-corrected chi connectivity index (χ1v) is 7.67. The van der Waals surface area contributed by atoms with Crippen molar-refractivity contribution >= 4 is 11.9 Å². The van der Waals surface area contributed by atoms with Crippen LogP contribution in [0.25, 0.3) is 0 Å². The van der Waals surface area contributed by atoms with Crippen LogP contribution in [0.15, 0.2) is 24.3 Å². The molecule has 1 N–H and O–H groups in total. The highest BCUT2D eigenvalue weighted by Crippen LogP contribution is 2.16. The summed E-state index contributed by atoms with van der Waals surface area (Å²) in [6.07, 6.45) is 0.757. The van der Waals surface area contributed by atoms with E-state index in [-0.39, 0.29) is 18.4 Å². The zero-order valence-corrected chi connectivity index (χ0v) is 13.9. The number of carboxylic acid groups (broad SMARTS) is 1. The smallest absolute Gasteiger partial charge is 0.323 e. The zero-order chi connectivity index (χ0) is 17.2. The van der Waals surface area contributed by atoms with Crippen LogP contribution in [0.5, 0.6) is 5.75 Å². The summed E-state index contributed by atoms with van der Waals surface area (Å²) in [7, 11) is 1.63. The van der Waals surface area contributed by atoms with Crippen molar-refractivity contribution in [2.45, 2.75) is 20.3 Å². The van der Waals surface area contributed by atoms with E-state index in [4.69, 9.17) is 14.6 Å². The predicted octanol–water partition coefficient (Wildman–Crippen LogP) is 2.28. The summed E-state index contributed by atoms with van der Waals surface area (Å²) in [6.45, 7) is 5.07. The Morgan fingerprint density at radius 3 is 2.61 bits per heavy atom. The maximum absolute atomic E-state index is 12.5. The largest absolute Gasteiger partial charge is 0.493 e. The molecule has 0 atom stereocenters. The summed E-state index contributed by atoms with van der Waals surface area (Å²) in [4.78, 5) is 24.8. The highest BCUT2D eigenvalue weighted by Gasteiger charge is 2.19. The summed E-state index contributed by atoms with van der Waals surface area (Å²) in [5.74, 6) is -0.548. The molecule has 0 radical (unpaired) electrons. The number of hydrogen-bond acceptors (Lipinski definition) is 4. The molecule has 1 amide bonds. The summed E-state index contributed by atoms with van der Waals surface area (Å²) in [6, 6.07) is 6.81. The SMILES string of the molecule is COCCCOc1cccc(C(=O)N(CC(=O)O)CC(C)C)c1. The first-order valence-electron chi connectivity index (χ1n) is 7.67. The van der Waals surface area contributed by atoms with Crippen LogP contribution in [0, 0.1) is 5.92 Å². The van der Waals surface area contributed by atoms with Gasteiger partial charge in [0, 0.05) is 32.2 Å². The van der Waals surface area contributed by atoms with Gasteiger partial charge in [0.15, 0.2) is 0 Å². The van der Waals surface area contributed by atoms with Gasteiger partial charge in [-0.25, -0.2) is 0 Å². The molecule has 0 aliphatic carbocycles. The average molecular weight is 323 g/mol. The van der Waals surface area contributed by atoms with Crippen LogP contribution in [0.1, 0.15) is 30.6 Å². The number of amides is 1. The molecule has 6 nitrogen and oxygen atoms in total. The summed E-state index contributed by atoms with van der Waals surface area (Å²) >= 11 is 0. The maximum Gasteiger partial charge on any atom is 0.323 e. The molecular weight excluding hydrogens is 298 g/mol. The van der Waals surface area contributed by atoms with Crippen molar-refractivity contribution in [3.8, 4) is 5.75 Å². The minimum atomic E-state index is -1.02. The lowest BCUT2D eigenvalue weighted by Gasteiger charge is -2.23. The molecule has 128 valence electrons. The van der Waals surface area contributed by atoms with Gasteiger partial charge >= 0.3 is 5.97 Å². The molecule has 6 heteroatoms. The molecule has 1 aromatic carbocycles. The van der Waals surface area contributed by atoms with Gasteiger partial charge in [0.05, 0.1) is 6.61 Å². The van der Waals surface area contributed by atoms with E-state index in [1.807, 2.05) is 13.8 Å². The number of ether oxygens (including phenoxy) is 2. The van der Waals surface area contributed by atoms with Crippen molar-refractivity contribution < 1.29 is 24.2 Å². The highest BCUT2D eigenvalue weighted by atomic mass is 16.5. The summed E-state index contributed by atoms with van der Waals surface area (Å²) < 4.78 is 10.5. The van der Waals surface area contributed by atoms with E-state index in [2.05, 4.69) is 0 Å². The Bertz CT molecular complexity index is 515. The van der Waals surface area contributed by atoms with Gasteiger partial charge in [0.25, 0.3) is 5.91 Å². The number of carbonyl (C=O) groups is 2. The van der Waals surface area contributed by atoms with Crippen molar-refractivity contribution in [3.05, 3.63) is 29.8 Å². The Labute approximate surface area is 137 Å². The van der Waals surface area contributed by atoms with Crippen molar-refractivity contribution in [3.63, 3.8) is 0 Å². The fourth-order valence-electron chi connectivity index (χ4n) is 2.12. The molecule has 0 unspecified atom stereocenters. The van der Waals surface area contributed by atoms with Gasteiger partial charge in [-0.15, -0.1) is 0 Å². The standard InChI is InChI=1S/C17H25NO5/c1-13(2)11-18(12-16(19)20)17(21)14-6-4-7-15(10-14)23-9-5-8-22-3/h4,6-7,10,13H,5,8-9,11-12H2,1-3H3,(H,19,20). The first-order chi connectivity index (χ1) is 10.9. The Morgan fingerprint density at radius 1 is 1.26 bits per heavy atom. The van der Waals surface area contributed by atoms with Gasteiger partial charge in [0.2, 0.25) is 0 Å². The molecule has 0 bridgehead atoms. The number of methoxy groups -OCH3 is 1. The number of carboxylic acids is 1. The Kier molecular flexibility index (Phi) is 8.11. The second kappa shape index (κ2) is 9.84. The predicted molar refractivity (Wildman–Crippen MR) is 86.8 cm³/mol. The molecule has 0 aliphatic heterocycles. The van der Waals surface area contributed by atoms with E-state index in [9.17, 15) is 9.59 Å². The highest BCUT2D eigenvalue weighted by molar-refractivity contribution is 5.96. The van der Waals surface area contributed by atoms with Crippen molar-refractivity contribution in [1.29, 1.82) is 0 Å². The Balaban J connectivity index is 2.77. The normalized spacial score (nSPS) is 10.6. The Hall–Kier alpha value is -2.08. The molecule has 0 heterocycles. The second-order valence-corrected chi connectivity index (χ2v) is 5.70. The number of carbonyl (C=O) groups excluding carboxylic acids is 1. The average Bonchev–Trinajstić information content (AvgIpc) is 2.49. The minimum absolute atomic E-state index is 0.187. The molecule has 1 rings (SSSR count). The van der Waals surface area contributed by atoms with Crippen molar-refractivity contribution in [2.75, 3.05) is 33.4 Å². The number of hydrogen-bond donors (Lipinski definition) is 1. The lowest BCUT2D eigenvalue weighted by Crippen LogP contribution is -2.38. The van der Waals surface area contributed by atoms with E-state index in [1.54, 1.807) is 31.4 Å². The van der Waals surface area contributed by atoms with Gasteiger partial charge in [-0.1, -0.05) is 19.9 Å². The van der Waals surface area contributed by atoms with Gasteiger partial charge in [-0.3, -0.25) is 9.59 Å². The lowest BCUT2D eigenvalue weighted by molar-refractivity contribution is -0.137. The molecule has 0 fully saturated rings. The molecule has 23 heavy (non-hydrogen) atoms. The third-order valence-corrected chi connectivity index (χ3v) is 3.04. The van der Waals surface area contributed by atoms with Gasteiger partial charge in [-0.05, 0) is 24.1 Å². The first kappa shape index (κ1) is 19.0.